The Labute approximate surface area is 103 Å². The highest BCUT2D eigenvalue weighted by molar-refractivity contribution is 5.94. The van der Waals surface area contributed by atoms with Gasteiger partial charge in [0, 0.05) is 6.07 Å². The van der Waals surface area contributed by atoms with Crippen LogP contribution in [0.15, 0.2) is 30.3 Å². The molecule has 0 unspecified atom stereocenters. The summed E-state index contributed by atoms with van der Waals surface area (Å²) in [6, 6.07) is 8.49. The predicted octanol–water partition coefficient (Wildman–Crippen LogP) is 2.64. The van der Waals surface area contributed by atoms with E-state index in [-0.39, 0.29) is 12.3 Å². The normalized spacial score (nSPS) is 10.3. The van der Waals surface area contributed by atoms with Crippen molar-refractivity contribution in [1.29, 1.82) is 0 Å². The molecule has 0 fully saturated rings. The maximum absolute atomic E-state index is 11.0. The number of aryl methyl sites for hydroxylation is 1. The highest BCUT2D eigenvalue weighted by atomic mass is 16.6. The fourth-order valence-electron chi connectivity index (χ4n) is 2.00. The zero-order valence-electron chi connectivity index (χ0n) is 9.67. The molecule has 0 aliphatic rings. The average molecular weight is 244 g/mol. The van der Waals surface area contributed by atoms with E-state index in [1.165, 1.54) is 12.5 Å². The summed E-state index contributed by atoms with van der Waals surface area (Å²) in [4.78, 5) is 20.7. The van der Waals surface area contributed by atoms with Crippen molar-refractivity contribution in [2.24, 2.45) is 0 Å². The molecule has 0 N–H and O–H groups in total. The van der Waals surface area contributed by atoms with E-state index in [0.29, 0.717) is 5.39 Å². The van der Waals surface area contributed by atoms with Gasteiger partial charge in [-0.1, -0.05) is 24.3 Å². The summed E-state index contributed by atoms with van der Waals surface area (Å²) in [7, 11) is 0. The number of fused-ring (bicyclic) bond motifs is 1. The SMILES string of the molecule is Cc1c(CO[C]=O)ccc2cccc([N+](=O)[O-])c12. The van der Waals surface area contributed by atoms with Gasteiger partial charge in [0.05, 0.1) is 10.3 Å². The largest absolute Gasteiger partial charge is 0.452 e. The van der Waals surface area contributed by atoms with Gasteiger partial charge in [-0.05, 0) is 23.4 Å². The van der Waals surface area contributed by atoms with Crippen LogP contribution in [-0.4, -0.2) is 11.4 Å². The van der Waals surface area contributed by atoms with Crippen molar-refractivity contribution >= 4 is 22.9 Å². The standard InChI is InChI=1S/C13H10NO4/c1-9-11(7-18-8-15)6-5-10-3-2-4-12(13(9)10)14(16)17/h2-6H,7H2,1H3. The fourth-order valence-corrected chi connectivity index (χ4v) is 2.00. The lowest BCUT2D eigenvalue weighted by atomic mass is 9.99. The topological polar surface area (TPSA) is 69.4 Å². The van der Waals surface area contributed by atoms with Crippen LogP contribution in [0.25, 0.3) is 10.8 Å². The number of carbonyl (C=O) groups excluding carboxylic acids is 1. The molecule has 18 heavy (non-hydrogen) atoms. The number of hydrogen-bond acceptors (Lipinski definition) is 4. The highest BCUT2D eigenvalue weighted by Gasteiger charge is 2.15. The van der Waals surface area contributed by atoms with E-state index in [1.54, 1.807) is 25.1 Å². The lowest BCUT2D eigenvalue weighted by Gasteiger charge is -2.08. The molecule has 0 heterocycles. The number of non-ortho nitro benzene ring substituents is 1. The summed E-state index contributed by atoms with van der Waals surface area (Å²) in [5.41, 5.74) is 1.54. The lowest BCUT2D eigenvalue weighted by molar-refractivity contribution is -0.383. The minimum Gasteiger partial charge on any atom is -0.452 e. The molecule has 2 aromatic rings. The van der Waals surface area contributed by atoms with Gasteiger partial charge in [-0.15, -0.1) is 0 Å². The van der Waals surface area contributed by atoms with Gasteiger partial charge in [0.15, 0.2) is 0 Å². The van der Waals surface area contributed by atoms with Crippen LogP contribution >= 0.6 is 0 Å². The van der Waals surface area contributed by atoms with Crippen molar-refractivity contribution in [2.75, 3.05) is 0 Å². The van der Waals surface area contributed by atoms with Crippen LogP contribution in [-0.2, 0) is 16.1 Å². The predicted molar refractivity (Wildman–Crippen MR) is 65.8 cm³/mol. The molecule has 0 saturated carbocycles. The number of benzene rings is 2. The van der Waals surface area contributed by atoms with E-state index in [0.717, 1.165) is 16.5 Å². The van der Waals surface area contributed by atoms with Gasteiger partial charge in [0.1, 0.15) is 6.61 Å². The van der Waals surface area contributed by atoms with Crippen LogP contribution in [0, 0.1) is 17.0 Å². The number of nitro groups is 1. The molecule has 0 bridgehead atoms. The summed E-state index contributed by atoms with van der Waals surface area (Å²) < 4.78 is 4.57. The molecule has 0 saturated heterocycles. The molecule has 0 amide bonds. The summed E-state index contributed by atoms with van der Waals surface area (Å²) in [5, 5.41) is 12.4. The van der Waals surface area contributed by atoms with Crippen molar-refractivity contribution < 1.29 is 14.5 Å². The van der Waals surface area contributed by atoms with Crippen molar-refractivity contribution in [3.05, 3.63) is 51.6 Å². The van der Waals surface area contributed by atoms with Crippen LogP contribution in [0.4, 0.5) is 5.69 Å². The number of rotatable bonds is 4. The van der Waals surface area contributed by atoms with E-state index in [9.17, 15) is 14.9 Å². The average Bonchev–Trinajstić information content (AvgIpc) is 2.37. The highest BCUT2D eigenvalue weighted by Crippen LogP contribution is 2.30. The zero-order valence-corrected chi connectivity index (χ0v) is 9.67. The first-order chi connectivity index (χ1) is 8.65. The van der Waals surface area contributed by atoms with E-state index in [4.69, 9.17) is 0 Å². The minimum atomic E-state index is -0.411. The van der Waals surface area contributed by atoms with Crippen molar-refractivity contribution in [1.82, 2.24) is 0 Å². The number of ether oxygens (including phenoxy) is 1. The zero-order chi connectivity index (χ0) is 13.1. The number of nitro benzene ring substituents is 1. The lowest BCUT2D eigenvalue weighted by Crippen LogP contribution is -1.97. The van der Waals surface area contributed by atoms with Gasteiger partial charge in [-0.25, -0.2) is 4.79 Å². The first-order valence-electron chi connectivity index (χ1n) is 5.29. The molecule has 0 atom stereocenters. The summed E-state index contributed by atoms with van der Waals surface area (Å²) in [5.74, 6) is 0. The third kappa shape index (κ3) is 2.02. The Kier molecular flexibility index (Phi) is 3.23. The summed E-state index contributed by atoms with van der Waals surface area (Å²) in [6.45, 7) is 3.19. The molecule has 2 aromatic carbocycles. The summed E-state index contributed by atoms with van der Waals surface area (Å²) >= 11 is 0. The fraction of sp³-hybridized carbons (Fsp3) is 0.154. The number of hydrogen-bond donors (Lipinski definition) is 0. The maximum atomic E-state index is 11.0. The Balaban J connectivity index is 2.67. The van der Waals surface area contributed by atoms with Crippen LogP contribution in [0.3, 0.4) is 0 Å². The molecule has 2 rings (SSSR count). The first kappa shape index (κ1) is 12.0. The minimum absolute atomic E-state index is 0.0573. The van der Waals surface area contributed by atoms with Crippen molar-refractivity contribution in [3.8, 4) is 0 Å². The van der Waals surface area contributed by atoms with Crippen LogP contribution in [0.1, 0.15) is 11.1 Å². The van der Waals surface area contributed by atoms with E-state index < -0.39 is 4.92 Å². The Hall–Kier alpha value is -2.43. The molecule has 0 spiro atoms. The van der Waals surface area contributed by atoms with Crippen LogP contribution in [0.2, 0.25) is 0 Å². The second-order valence-corrected chi connectivity index (χ2v) is 3.85. The van der Waals surface area contributed by atoms with E-state index in [1.807, 2.05) is 6.07 Å². The maximum Gasteiger partial charge on any atom is 0.417 e. The molecule has 0 aromatic heterocycles. The van der Waals surface area contributed by atoms with Gasteiger partial charge in [0.25, 0.3) is 5.69 Å². The van der Waals surface area contributed by atoms with Crippen LogP contribution < -0.4 is 0 Å². The first-order valence-corrected chi connectivity index (χ1v) is 5.29. The van der Waals surface area contributed by atoms with Gasteiger partial charge >= 0.3 is 6.47 Å². The molecule has 1 radical (unpaired) electrons. The Morgan fingerprint density at radius 3 is 2.78 bits per heavy atom. The molecular formula is C13H10NO4. The molecule has 5 heteroatoms. The van der Waals surface area contributed by atoms with Gasteiger partial charge < -0.3 is 4.74 Å². The van der Waals surface area contributed by atoms with E-state index >= 15 is 0 Å². The Morgan fingerprint density at radius 2 is 2.11 bits per heavy atom. The second kappa shape index (κ2) is 4.83. The smallest absolute Gasteiger partial charge is 0.417 e. The molecular weight excluding hydrogens is 234 g/mol. The molecule has 0 aliphatic heterocycles. The monoisotopic (exact) mass is 244 g/mol. The Bertz CT molecular complexity index is 622. The Morgan fingerprint density at radius 1 is 1.33 bits per heavy atom. The molecule has 0 aliphatic carbocycles. The van der Waals surface area contributed by atoms with Crippen LogP contribution in [0.5, 0.6) is 0 Å². The van der Waals surface area contributed by atoms with Crippen molar-refractivity contribution in [2.45, 2.75) is 13.5 Å². The number of nitrogens with zero attached hydrogens (tertiary/aromatic N) is 1. The quantitative estimate of drug-likeness (QED) is 0.612. The third-order valence-corrected chi connectivity index (χ3v) is 2.88. The van der Waals surface area contributed by atoms with Gasteiger partial charge in [0.2, 0.25) is 0 Å². The van der Waals surface area contributed by atoms with Crippen molar-refractivity contribution in [3.63, 3.8) is 0 Å². The summed E-state index contributed by atoms with van der Waals surface area (Å²) in [6.07, 6.45) is 0. The van der Waals surface area contributed by atoms with Gasteiger partial charge in [-0.2, -0.15) is 0 Å². The van der Waals surface area contributed by atoms with E-state index in [2.05, 4.69) is 4.74 Å². The molecule has 91 valence electrons. The van der Waals surface area contributed by atoms with Gasteiger partial charge in [-0.3, -0.25) is 10.1 Å². The second-order valence-electron chi connectivity index (χ2n) is 3.85. The molecule has 5 nitrogen and oxygen atoms in total. The third-order valence-electron chi connectivity index (χ3n) is 2.88.